The summed E-state index contributed by atoms with van der Waals surface area (Å²) in [6.45, 7) is 3.63. The number of carbonyl (C=O) groups excluding carboxylic acids is 1. The second kappa shape index (κ2) is 5.94. The Kier molecular flexibility index (Phi) is 3.53. The summed E-state index contributed by atoms with van der Waals surface area (Å²) < 4.78 is 9.85. The van der Waals surface area contributed by atoms with Crippen LogP contribution in [-0.4, -0.2) is 53.4 Å². The molecule has 0 aromatic carbocycles. The molecular weight excluding hydrogens is 344 g/mol. The average molecular weight is 364 g/mol. The van der Waals surface area contributed by atoms with Gasteiger partial charge in [-0.15, -0.1) is 0 Å². The normalized spacial score (nSPS) is 23.9. The predicted molar refractivity (Wildman–Crippen MR) is 98.1 cm³/mol. The van der Waals surface area contributed by atoms with Gasteiger partial charge in [0.2, 0.25) is 11.8 Å². The van der Waals surface area contributed by atoms with Crippen molar-refractivity contribution in [3.63, 3.8) is 0 Å². The fourth-order valence-corrected chi connectivity index (χ4v) is 4.33. The number of fused-ring (bicyclic) bond motifs is 3. The Labute approximate surface area is 156 Å². The second-order valence-electron chi connectivity index (χ2n) is 7.14. The van der Waals surface area contributed by atoms with E-state index in [0.717, 1.165) is 36.0 Å². The molecule has 27 heavy (non-hydrogen) atoms. The van der Waals surface area contributed by atoms with Gasteiger partial charge in [-0.25, -0.2) is 9.50 Å². The van der Waals surface area contributed by atoms with E-state index in [1.807, 2.05) is 30.4 Å². The summed E-state index contributed by atoms with van der Waals surface area (Å²) in [6, 6.07) is 2.19. The Morgan fingerprint density at radius 2 is 2.22 bits per heavy atom. The van der Waals surface area contributed by atoms with Crippen molar-refractivity contribution in [2.45, 2.75) is 37.5 Å². The number of aromatic nitrogens is 5. The number of aryl methyl sites for hydroxylation is 1. The molecule has 2 fully saturated rings. The zero-order valence-corrected chi connectivity index (χ0v) is 15.0. The van der Waals surface area contributed by atoms with Crippen molar-refractivity contribution in [2.24, 2.45) is 7.05 Å². The largest absolute Gasteiger partial charge is 0.471 e. The Morgan fingerprint density at radius 3 is 3.00 bits per heavy atom. The van der Waals surface area contributed by atoms with Gasteiger partial charge in [0.05, 0.1) is 30.3 Å². The molecule has 0 spiro atoms. The number of amides is 1. The van der Waals surface area contributed by atoms with E-state index < -0.39 is 0 Å². The molecule has 8 nitrogen and oxygen atoms in total. The maximum atomic E-state index is 12.2. The number of hydrogen-bond acceptors (Lipinski definition) is 5. The van der Waals surface area contributed by atoms with Crippen LogP contribution in [0.25, 0.3) is 16.8 Å². The van der Waals surface area contributed by atoms with Crippen LogP contribution in [0.1, 0.15) is 19.3 Å². The quantitative estimate of drug-likeness (QED) is 0.660. The fraction of sp³-hybridized carbons (Fsp3) is 0.368. The van der Waals surface area contributed by atoms with E-state index >= 15 is 0 Å². The Hall–Kier alpha value is -3.16. The minimum absolute atomic E-state index is 0.0137. The first kappa shape index (κ1) is 16.0. The van der Waals surface area contributed by atoms with Crippen molar-refractivity contribution in [3.8, 4) is 17.1 Å². The predicted octanol–water partition coefficient (Wildman–Crippen LogP) is 1.83. The van der Waals surface area contributed by atoms with Crippen LogP contribution in [0.4, 0.5) is 0 Å². The van der Waals surface area contributed by atoms with Gasteiger partial charge in [-0.05, 0) is 25.0 Å². The van der Waals surface area contributed by atoms with Gasteiger partial charge in [0.1, 0.15) is 11.6 Å². The van der Waals surface area contributed by atoms with Gasteiger partial charge < -0.3 is 9.64 Å². The molecule has 5 heterocycles. The lowest BCUT2D eigenvalue weighted by molar-refractivity contribution is -0.127. The molecule has 2 saturated heterocycles. The zero-order valence-electron chi connectivity index (χ0n) is 15.0. The number of nitrogens with zero attached hydrogens (tertiary/aromatic N) is 6. The summed E-state index contributed by atoms with van der Waals surface area (Å²) >= 11 is 0. The van der Waals surface area contributed by atoms with Gasteiger partial charge in [0.15, 0.2) is 0 Å². The molecule has 3 aromatic heterocycles. The number of rotatable bonds is 4. The summed E-state index contributed by atoms with van der Waals surface area (Å²) in [5.74, 6) is 0.526. The van der Waals surface area contributed by atoms with Crippen molar-refractivity contribution in [2.75, 3.05) is 0 Å². The molecule has 0 N–H and O–H groups in total. The lowest BCUT2D eigenvalue weighted by atomic mass is 9.98. The third-order valence-corrected chi connectivity index (χ3v) is 5.53. The second-order valence-corrected chi connectivity index (χ2v) is 7.14. The first-order valence-corrected chi connectivity index (χ1v) is 9.09. The zero-order chi connectivity index (χ0) is 18.5. The lowest BCUT2D eigenvalue weighted by Gasteiger charge is -2.24. The van der Waals surface area contributed by atoms with Crippen molar-refractivity contribution < 1.29 is 9.53 Å². The molecule has 0 radical (unpaired) electrons. The highest BCUT2D eigenvalue weighted by molar-refractivity contribution is 5.88. The molecule has 2 aliphatic rings. The van der Waals surface area contributed by atoms with Crippen molar-refractivity contribution in [3.05, 3.63) is 43.5 Å². The Morgan fingerprint density at radius 1 is 1.33 bits per heavy atom. The van der Waals surface area contributed by atoms with E-state index in [-0.39, 0.29) is 24.1 Å². The van der Waals surface area contributed by atoms with E-state index in [1.54, 1.807) is 21.6 Å². The van der Waals surface area contributed by atoms with Crippen molar-refractivity contribution >= 4 is 11.4 Å². The molecule has 1 unspecified atom stereocenters. The van der Waals surface area contributed by atoms with Gasteiger partial charge in [0, 0.05) is 31.3 Å². The third-order valence-electron chi connectivity index (χ3n) is 5.53. The molecule has 1 amide bonds. The maximum absolute atomic E-state index is 12.2. The van der Waals surface area contributed by atoms with Crippen LogP contribution in [0.5, 0.6) is 5.88 Å². The molecule has 2 bridgehead atoms. The molecule has 5 rings (SSSR count). The highest BCUT2D eigenvalue weighted by Crippen LogP contribution is 2.40. The fourth-order valence-electron chi connectivity index (χ4n) is 4.33. The summed E-state index contributed by atoms with van der Waals surface area (Å²) in [5.41, 5.74) is 2.46. The van der Waals surface area contributed by atoms with Gasteiger partial charge in [-0.3, -0.25) is 9.48 Å². The van der Waals surface area contributed by atoms with Crippen molar-refractivity contribution in [1.82, 2.24) is 29.3 Å². The number of hydrogen-bond donors (Lipinski definition) is 0. The first-order valence-electron chi connectivity index (χ1n) is 9.09. The van der Waals surface area contributed by atoms with Crippen molar-refractivity contribution in [1.29, 1.82) is 0 Å². The minimum Gasteiger partial charge on any atom is -0.471 e. The molecule has 0 aliphatic carbocycles. The molecule has 3 atom stereocenters. The van der Waals surface area contributed by atoms with Gasteiger partial charge in [-0.1, -0.05) is 6.58 Å². The van der Waals surface area contributed by atoms with E-state index in [4.69, 9.17) is 9.72 Å². The van der Waals surface area contributed by atoms with Crippen LogP contribution in [0.3, 0.4) is 0 Å². The van der Waals surface area contributed by atoms with Gasteiger partial charge in [-0.2, -0.15) is 10.2 Å². The summed E-state index contributed by atoms with van der Waals surface area (Å²) in [7, 11) is 1.87. The number of carbonyl (C=O) groups is 1. The minimum atomic E-state index is -0.0667. The third kappa shape index (κ3) is 2.51. The molecule has 0 saturated carbocycles. The highest BCUT2D eigenvalue weighted by Gasteiger charge is 2.49. The first-order chi connectivity index (χ1) is 13.1. The molecular formula is C19H20N6O2. The average Bonchev–Trinajstić information content (AvgIpc) is 3.43. The van der Waals surface area contributed by atoms with E-state index in [2.05, 4.69) is 16.8 Å². The molecule has 3 aromatic rings. The molecule has 138 valence electrons. The summed E-state index contributed by atoms with van der Waals surface area (Å²) in [6.07, 6.45) is 11.4. The van der Waals surface area contributed by atoms with Crippen LogP contribution >= 0.6 is 0 Å². The Bertz CT molecular complexity index is 1040. The molecule has 8 heteroatoms. The highest BCUT2D eigenvalue weighted by atomic mass is 16.5. The standard InChI is InChI=1S/C19H20N6O2/c1-3-18(26)25-13-4-5-15(25)17(8-13)27-19-16-6-7-20-24(16)11-14(22-19)12-9-21-23(2)10-12/h3,6-7,9-11,13,15,17H,1,4-5,8H2,2H3/t13?,15-,17-/m1/s1. The monoisotopic (exact) mass is 364 g/mol. The van der Waals surface area contributed by atoms with Crippen LogP contribution in [0.15, 0.2) is 43.5 Å². The number of ether oxygens (including phenoxy) is 1. The topological polar surface area (TPSA) is 77.6 Å². The van der Waals surface area contributed by atoms with Crippen LogP contribution in [-0.2, 0) is 11.8 Å². The Balaban J connectivity index is 1.49. The van der Waals surface area contributed by atoms with E-state index in [9.17, 15) is 4.79 Å². The van der Waals surface area contributed by atoms with Gasteiger partial charge >= 0.3 is 0 Å². The smallest absolute Gasteiger partial charge is 0.246 e. The van der Waals surface area contributed by atoms with Crippen LogP contribution < -0.4 is 4.74 Å². The lowest BCUT2D eigenvalue weighted by Crippen LogP contribution is -2.38. The van der Waals surface area contributed by atoms with E-state index in [1.165, 1.54) is 6.08 Å². The maximum Gasteiger partial charge on any atom is 0.246 e. The summed E-state index contributed by atoms with van der Waals surface area (Å²) in [5, 5.41) is 8.56. The van der Waals surface area contributed by atoms with Crippen LogP contribution in [0.2, 0.25) is 0 Å². The van der Waals surface area contributed by atoms with E-state index in [0.29, 0.717) is 5.88 Å². The molecule has 2 aliphatic heterocycles. The van der Waals surface area contributed by atoms with Crippen LogP contribution in [0, 0.1) is 0 Å². The summed E-state index contributed by atoms with van der Waals surface area (Å²) in [4.78, 5) is 18.9. The SMILES string of the molecule is C=CC(=O)N1C2CC[C@@H]1[C@H](Oc1nc(-c3cnn(C)c3)cn3nccc13)C2. The van der Waals surface area contributed by atoms with Gasteiger partial charge in [0.25, 0.3) is 0 Å².